The smallest absolute Gasteiger partial charge is 0.342 e. The maximum atomic E-state index is 11.2. The third-order valence-corrected chi connectivity index (χ3v) is 2.58. The number of nitro groups is 1. The van der Waals surface area contributed by atoms with Gasteiger partial charge in [-0.3, -0.25) is 14.4 Å². The molecule has 1 aliphatic heterocycles. The zero-order valence-electron chi connectivity index (χ0n) is 9.53. The van der Waals surface area contributed by atoms with Gasteiger partial charge in [0.1, 0.15) is 6.20 Å². The van der Waals surface area contributed by atoms with E-state index in [1.807, 2.05) is 0 Å². The summed E-state index contributed by atoms with van der Waals surface area (Å²) in [6.45, 7) is -0.179. The summed E-state index contributed by atoms with van der Waals surface area (Å²) in [5.74, 6) is -0.755. The molecule has 1 aromatic heterocycles. The molecule has 1 aliphatic rings. The fraction of sp³-hybridized carbons (Fsp3) is 0.444. The molecule has 1 aromatic rings. The minimum absolute atomic E-state index is 0.125. The molecule has 0 N–H and O–H groups in total. The molecule has 0 spiro atoms. The quantitative estimate of drug-likeness (QED) is 0.422. The van der Waals surface area contributed by atoms with E-state index >= 15 is 0 Å². The normalized spacial score (nSPS) is 15.5. The van der Waals surface area contributed by atoms with E-state index < -0.39 is 16.7 Å². The molecule has 0 radical (unpaired) electrons. The highest BCUT2D eigenvalue weighted by molar-refractivity contribution is 6.00. The number of carbonyl (C=O) groups excluding carboxylic acids is 2. The largest absolute Gasteiger partial charge is 0.358 e. The van der Waals surface area contributed by atoms with E-state index in [1.54, 1.807) is 0 Å². The predicted molar refractivity (Wildman–Crippen MR) is 55.7 cm³/mol. The van der Waals surface area contributed by atoms with E-state index in [0.29, 0.717) is 5.06 Å². The van der Waals surface area contributed by atoms with Crippen molar-refractivity contribution in [3.8, 4) is 0 Å². The van der Waals surface area contributed by atoms with Gasteiger partial charge < -0.3 is 10.1 Å². The van der Waals surface area contributed by atoms with E-state index in [2.05, 4.69) is 4.98 Å². The summed E-state index contributed by atoms with van der Waals surface area (Å²) < 4.78 is 1.23. The lowest BCUT2D eigenvalue weighted by molar-refractivity contribution is -0.391. The van der Waals surface area contributed by atoms with Crippen LogP contribution in [0.4, 0.5) is 5.82 Å². The van der Waals surface area contributed by atoms with Gasteiger partial charge in [0.15, 0.2) is 6.61 Å². The topological polar surface area (TPSA) is 108 Å². The lowest BCUT2D eigenvalue weighted by Crippen LogP contribution is -2.29. The molecule has 1 fully saturated rings. The van der Waals surface area contributed by atoms with Crippen molar-refractivity contribution in [3.05, 3.63) is 22.1 Å². The van der Waals surface area contributed by atoms with Crippen molar-refractivity contribution in [1.82, 2.24) is 14.6 Å². The first-order valence-electron chi connectivity index (χ1n) is 5.14. The molecule has 0 bridgehead atoms. The molecule has 0 unspecified atom stereocenters. The first-order valence-corrected chi connectivity index (χ1v) is 5.14. The number of imide groups is 1. The molecule has 2 rings (SSSR count). The van der Waals surface area contributed by atoms with Gasteiger partial charge in [0, 0.05) is 12.8 Å². The van der Waals surface area contributed by atoms with Gasteiger partial charge in [-0.1, -0.05) is 0 Å². The van der Waals surface area contributed by atoms with Crippen LogP contribution in [0, 0.1) is 10.1 Å². The van der Waals surface area contributed by atoms with Crippen molar-refractivity contribution in [2.24, 2.45) is 7.05 Å². The van der Waals surface area contributed by atoms with Crippen molar-refractivity contribution in [2.75, 3.05) is 0 Å². The minimum atomic E-state index is -0.581. The molecule has 0 atom stereocenters. The van der Waals surface area contributed by atoms with Crippen molar-refractivity contribution in [2.45, 2.75) is 19.4 Å². The number of aromatic nitrogens is 2. The zero-order valence-corrected chi connectivity index (χ0v) is 9.53. The number of carbonyl (C=O) groups is 2. The molecule has 2 amide bonds. The number of rotatable bonds is 4. The SMILES string of the molecule is Cn1c([N+](=O)[O-])cnc1CON1C(=O)CCC1=O. The van der Waals surface area contributed by atoms with Gasteiger partial charge >= 0.3 is 5.82 Å². The Balaban J connectivity index is 2.05. The molecule has 1 saturated heterocycles. The van der Waals surface area contributed by atoms with Crippen LogP contribution in [0.25, 0.3) is 0 Å². The van der Waals surface area contributed by atoms with Crippen molar-refractivity contribution in [1.29, 1.82) is 0 Å². The van der Waals surface area contributed by atoms with Crippen LogP contribution in [0.2, 0.25) is 0 Å². The average molecular weight is 254 g/mol. The van der Waals surface area contributed by atoms with Crippen LogP contribution < -0.4 is 0 Å². The molecule has 0 aliphatic carbocycles. The van der Waals surface area contributed by atoms with Crippen LogP contribution in [-0.4, -0.2) is 31.4 Å². The number of nitrogens with zero attached hydrogens (tertiary/aromatic N) is 4. The molecule has 96 valence electrons. The van der Waals surface area contributed by atoms with Gasteiger partial charge in [-0.05, 0) is 4.92 Å². The molecule has 2 heterocycles. The lowest BCUT2D eigenvalue weighted by atomic mass is 10.4. The van der Waals surface area contributed by atoms with Gasteiger partial charge in [-0.25, -0.2) is 9.55 Å². The fourth-order valence-corrected chi connectivity index (χ4v) is 1.56. The summed E-state index contributed by atoms with van der Waals surface area (Å²) in [6, 6.07) is 0. The van der Waals surface area contributed by atoms with Crippen LogP contribution in [0.15, 0.2) is 6.20 Å². The average Bonchev–Trinajstić information content (AvgIpc) is 2.82. The Bertz CT molecular complexity index is 507. The van der Waals surface area contributed by atoms with E-state index in [0.717, 1.165) is 6.20 Å². The highest BCUT2D eigenvalue weighted by Crippen LogP contribution is 2.16. The Hall–Kier alpha value is -2.29. The standard InChI is InChI=1S/C9H10N4O5/c1-11-6(10-4-7(11)13(16)17)5-18-12-8(14)2-3-9(12)15/h4H,2-3,5H2,1H3. The number of hydroxylamine groups is 2. The first-order chi connectivity index (χ1) is 8.50. The van der Waals surface area contributed by atoms with Gasteiger partial charge in [0.05, 0.1) is 7.05 Å². The van der Waals surface area contributed by atoms with E-state index in [9.17, 15) is 19.7 Å². The van der Waals surface area contributed by atoms with Crippen LogP contribution in [-0.2, 0) is 28.1 Å². The minimum Gasteiger partial charge on any atom is -0.358 e. The molecule has 0 aromatic carbocycles. The maximum absolute atomic E-state index is 11.2. The molecule has 9 heteroatoms. The molecule has 0 saturated carbocycles. The molecular formula is C9H10N4O5. The summed E-state index contributed by atoms with van der Waals surface area (Å²) in [4.78, 5) is 41.3. The highest BCUT2D eigenvalue weighted by Gasteiger charge is 2.31. The second kappa shape index (κ2) is 4.53. The maximum Gasteiger partial charge on any atom is 0.342 e. The number of imidazole rings is 1. The summed E-state index contributed by atoms with van der Waals surface area (Å²) in [6.07, 6.45) is 1.34. The summed E-state index contributed by atoms with van der Waals surface area (Å²) >= 11 is 0. The Labute approximate surface area is 101 Å². The van der Waals surface area contributed by atoms with Crippen LogP contribution >= 0.6 is 0 Å². The Kier molecular flexibility index (Phi) is 3.06. The zero-order chi connectivity index (χ0) is 13.3. The van der Waals surface area contributed by atoms with Crippen molar-refractivity contribution >= 4 is 17.6 Å². The van der Waals surface area contributed by atoms with Crippen molar-refractivity contribution < 1.29 is 19.3 Å². The van der Waals surface area contributed by atoms with Gasteiger partial charge in [-0.2, -0.15) is 5.06 Å². The van der Waals surface area contributed by atoms with Gasteiger partial charge in [0.2, 0.25) is 5.82 Å². The number of hydrogen-bond donors (Lipinski definition) is 0. The molecule has 9 nitrogen and oxygen atoms in total. The molecular weight excluding hydrogens is 244 g/mol. The monoisotopic (exact) mass is 254 g/mol. The lowest BCUT2D eigenvalue weighted by Gasteiger charge is -2.11. The fourth-order valence-electron chi connectivity index (χ4n) is 1.56. The second-order valence-corrected chi connectivity index (χ2v) is 3.70. The van der Waals surface area contributed by atoms with E-state index in [-0.39, 0.29) is 31.1 Å². The highest BCUT2D eigenvalue weighted by atomic mass is 16.7. The Morgan fingerprint density at radius 1 is 1.44 bits per heavy atom. The predicted octanol–water partition coefficient (Wildman–Crippen LogP) is -0.0911. The Morgan fingerprint density at radius 2 is 2.06 bits per heavy atom. The third-order valence-electron chi connectivity index (χ3n) is 2.58. The van der Waals surface area contributed by atoms with Gasteiger partial charge in [-0.15, -0.1) is 0 Å². The summed E-state index contributed by atoms with van der Waals surface area (Å²) in [7, 11) is 1.46. The Morgan fingerprint density at radius 3 is 2.56 bits per heavy atom. The summed E-state index contributed by atoms with van der Waals surface area (Å²) in [5.41, 5.74) is 0. The number of hydrogen-bond acceptors (Lipinski definition) is 6. The van der Waals surface area contributed by atoms with Crippen LogP contribution in [0.3, 0.4) is 0 Å². The van der Waals surface area contributed by atoms with Gasteiger partial charge in [0.25, 0.3) is 11.8 Å². The van der Waals surface area contributed by atoms with Crippen molar-refractivity contribution in [3.63, 3.8) is 0 Å². The summed E-state index contributed by atoms with van der Waals surface area (Å²) in [5, 5.41) is 11.3. The second-order valence-electron chi connectivity index (χ2n) is 3.70. The number of amides is 2. The van der Waals surface area contributed by atoms with Crippen LogP contribution in [0.5, 0.6) is 0 Å². The molecule has 18 heavy (non-hydrogen) atoms. The van der Waals surface area contributed by atoms with E-state index in [1.165, 1.54) is 11.6 Å². The third kappa shape index (κ3) is 2.07. The van der Waals surface area contributed by atoms with E-state index in [4.69, 9.17) is 4.84 Å². The van der Waals surface area contributed by atoms with Crippen LogP contribution in [0.1, 0.15) is 18.7 Å². The first kappa shape index (κ1) is 12.2.